The Kier molecular flexibility index (Phi) is 7.30. The number of hydrogen-bond donors (Lipinski definition) is 3. The fourth-order valence-electron chi connectivity index (χ4n) is 3.63. The minimum atomic E-state index is -0.767. The van der Waals surface area contributed by atoms with Gasteiger partial charge in [-0.15, -0.1) is 0 Å². The first-order valence-corrected chi connectivity index (χ1v) is 10.1. The largest absolute Gasteiger partial charge is 0.456 e. The van der Waals surface area contributed by atoms with Gasteiger partial charge in [0.1, 0.15) is 0 Å². The van der Waals surface area contributed by atoms with E-state index in [9.17, 15) is 14.4 Å². The molecule has 0 fully saturated rings. The lowest BCUT2D eigenvalue weighted by atomic mass is 9.88. The second kappa shape index (κ2) is 10.1. The van der Waals surface area contributed by atoms with Gasteiger partial charge in [0.2, 0.25) is 0 Å². The first kappa shape index (κ1) is 21.6. The Balaban J connectivity index is 1.53. The molecule has 0 radical (unpaired) electrons. The first-order valence-electron chi connectivity index (χ1n) is 9.76. The molecule has 1 aliphatic rings. The number of rotatable bonds is 7. The second-order valence-electron chi connectivity index (χ2n) is 7.19. The van der Waals surface area contributed by atoms with Crippen LogP contribution in [0.3, 0.4) is 0 Å². The van der Waals surface area contributed by atoms with Crippen molar-refractivity contribution in [3.63, 3.8) is 0 Å². The number of halogens is 1. The van der Waals surface area contributed by atoms with Crippen molar-refractivity contribution in [1.82, 2.24) is 10.6 Å². The molecule has 0 heterocycles. The van der Waals surface area contributed by atoms with Crippen molar-refractivity contribution in [2.45, 2.75) is 37.8 Å². The summed E-state index contributed by atoms with van der Waals surface area (Å²) in [6, 6.07) is 13.1. The molecule has 4 N–H and O–H groups in total. The van der Waals surface area contributed by atoms with Gasteiger partial charge in [0.15, 0.2) is 6.61 Å². The summed E-state index contributed by atoms with van der Waals surface area (Å²) in [6.45, 7) is -0.387. The number of aryl methyl sites for hydroxylation is 1. The number of carbonyl (C=O) groups is 3. The number of urea groups is 1. The summed E-state index contributed by atoms with van der Waals surface area (Å²) in [6.07, 6.45) is 2.67. The number of primary amides is 1. The molecular weight excluding hydrogens is 406 g/mol. The second-order valence-corrected chi connectivity index (χ2v) is 7.63. The third-order valence-electron chi connectivity index (χ3n) is 5.03. The summed E-state index contributed by atoms with van der Waals surface area (Å²) in [5.41, 5.74) is 8.20. The van der Waals surface area contributed by atoms with Gasteiger partial charge in [-0.2, -0.15) is 0 Å². The zero-order valence-electron chi connectivity index (χ0n) is 16.4. The fourth-order valence-corrected chi connectivity index (χ4v) is 3.76. The van der Waals surface area contributed by atoms with Crippen LogP contribution in [-0.4, -0.2) is 24.5 Å². The van der Waals surface area contributed by atoms with E-state index in [1.807, 2.05) is 18.2 Å². The van der Waals surface area contributed by atoms with Gasteiger partial charge in [-0.3, -0.25) is 9.59 Å². The normalized spacial score (nSPS) is 16.1. The van der Waals surface area contributed by atoms with E-state index in [0.29, 0.717) is 10.6 Å². The average molecular weight is 430 g/mol. The van der Waals surface area contributed by atoms with Crippen molar-refractivity contribution >= 4 is 29.5 Å². The highest BCUT2D eigenvalue weighted by Crippen LogP contribution is 2.29. The number of ether oxygens (including phenoxy) is 1. The van der Waals surface area contributed by atoms with E-state index in [1.54, 1.807) is 24.3 Å². The Morgan fingerprint density at radius 1 is 1.13 bits per heavy atom. The van der Waals surface area contributed by atoms with Crippen LogP contribution in [0.15, 0.2) is 48.5 Å². The number of carbonyl (C=O) groups excluding carboxylic acids is 3. The Morgan fingerprint density at radius 3 is 2.60 bits per heavy atom. The average Bonchev–Trinajstić information content (AvgIpc) is 2.72. The molecule has 8 heteroatoms. The van der Waals surface area contributed by atoms with Crippen molar-refractivity contribution in [2.24, 2.45) is 5.73 Å². The number of fused-ring (bicyclic) bond motifs is 1. The monoisotopic (exact) mass is 429 g/mol. The van der Waals surface area contributed by atoms with Crippen molar-refractivity contribution in [1.29, 1.82) is 0 Å². The molecular formula is C22H24ClN3O4. The molecule has 1 aliphatic carbocycles. The topological polar surface area (TPSA) is 111 Å². The molecule has 7 nitrogen and oxygen atoms in total. The van der Waals surface area contributed by atoms with Gasteiger partial charge in [-0.25, -0.2) is 4.79 Å². The third-order valence-corrected chi connectivity index (χ3v) is 5.28. The molecule has 0 saturated heterocycles. The highest BCUT2D eigenvalue weighted by atomic mass is 35.5. The van der Waals surface area contributed by atoms with Crippen molar-refractivity contribution in [3.8, 4) is 0 Å². The number of amides is 3. The molecule has 2 aromatic rings. The van der Waals surface area contributed by atoms with Crippen LogP contribution in [0, 0.1) is 0 Å². The maximum Gasteiger partial charge on any atom is 0.312 e. The van der Waals surface area contributed by atoms with Gasteiger partial charge >= 0.3 is 12.0 Å². The van der Waals surface area contributed by atoms with Gasteiger partial charge in [0.25, 0.3) is 5.91 Å². The maximum atomic E-state index is 12.3. The summed E-state index contributed by atoms with van der Waals surface area (Å²) in [4.78, 5) is 35.8. The molecule has 0 aromatic heterocycles. The standard InChI is InChI=1S/C22H24ClN3O4/c23-16-10-8-15(9-11-16)19(26-22(24)29)12-21(28)30-13-20(27)25-18-7-3-5-14-4-1-2-6-17(14)18/h1-2,4,6,8-11,18-19H,3,5,7,12-13H2,(H,25,27)(H3,24,26,29)/t18-,19+/m1/s1. The molecule has 2 aromatic carbocycles. The minimum Gasteiger partial charge on any atom is -0.456 e. The lowest BCUT2D eigenvalue weighted by Gasteiger charge is -2.26. The summed E-state index contributed by atoms with van der Waals surface area (Å²) in [7, 11) is 0. The van der Waals surface area contributed by atoms with Crippen LogP contribution in [0.1, 0.15) is 48.0 Å². The smallest absolute Gasteiger partial charge is 0.312 e. The zero-order chi connectivity index (χ0) is 21.5. The number of benzene rings is 2. The SMILES string of the molecule is NC(=O)N[C@@H](CC(=O)OCC(=O)N[C@@H]1CCCc2ccccc21)c1ccc(Cl)cc1. The molecule has 3 amide bonds. The predicted octanol–water partition coefficient (Wildman–Crippen LogP) is 3.18. The predicted molar refractivity (Wildman–Crippen MR) is 113 cm³/mol. The van der Waals surface area contributed by atoms with Gasteiger partial charge in [0.05, 0.1) is 18.5 Å². The maximum absolute atomic E-state index is 12.3. The molecule has 30 heavy (non-hydrogen) atoms. The van der Waals surface area contributed by atoms with E-state index in [1.165, 1.54) is 5.56 Å². The van der Waals surface area contributed by atoms with Crippen molar-refractivity contribution < 1.29 is 19.1 Å². The molecule has 0 spiro atoms. The number of esters is 1. The van der Waals surface area contributed by atoms with Crippen molar-refractivity contribution in [3.05, 3.63) is 70.2 Å². The van der Waals surface area contributed by atoms with E-state index < -0.39 is 18.0 Å². The molecule has 158 valence electrons. The number of nitrogens with two attached hydrogens (primary N) is 1. The number of nitrogens with one attached hydrogen (secondary N) is 2. The van der Waals surface area contributed by atoms with E-state index in [4.69, 9.17) is 22.1 Å². The molecule has 2 atom stereocenters. The zero-order valence-corrected chi connectivity index (χ0v) is 17.2. The highest BCUT2D eigenvalue weighted by molar-refractivity contribution is 6.30. The number of hydrogen-bond acceptors (Lipinski definition) is 4. The Hall–Kier alpha value is -3.06. The molecule has 0 unspecified atom stereocenters. The minimum absolute atomic E-state index is 0.0838. The van der Waals surface area contributed by atoms with E-state index in [2.05, 4.69) is 16.7 Å². The van der Waals surface area contributed by atoms with Gasteiger partial charge in [-0.1, -0.05) is 48.0 Å². The van der Waals surface area contributed by atoms with Crippen molar-refractivity contribution in [2.75, 3.05) is 6.61 Å². The fraction of sp³-hybridized carbons (Fsp3) is 0.318. The van der Waals surface area contributed by atoms with Crippen LogP contribution >= 0.6 is 11.6 Å². The summed E-state index contributed by atoms with van der Waals surface area (Å²) in [5.74, 6) is -0.987. The van der Waals surface area contributed by atoms with Crippen LogP contribution in [-0.2, 0) is 20.7 Å². The lowest BCUT2D eigenvalue weighted by Crippen LogP contribution is -2.36. The van der Waals surface area contributed by atoms with E-state index in [-0.39, 0.29) is 25.0 Å². The van der Waals surface area contributed by atoms with Gasteiger partial charge in [-0.05, 0) is 48.1 Å². The van der Waals surface area contributed by atoms with E-state index in [0.717, 1.165) is 24.8 Å². The summed E-state index contributed by atoms with van der Waals surface area (Å²) >= 11 is 5.88. The summed E-state index contributed by atoms with van der Waals surface area (Å²) < 4.78 is 5.12. The van der Waals surface area contributed by atoms with E-state index >= 15 is 0 Å². The lowest BCUT2D eigenvalue weighted by molar-refractivity contribution is -0.149. The first-order chi connectivity index (χ1) is 14.4. The molecule has 0 saturated carbocycles. The molecule has 0 bridgehead atoms. The Bertz CT molecular complexity index is 917. The third kappa shape index (κ3) is 5.97. The van der Waals surface area contributed by atoms with Crippen LogP contribution in [0.25, 0.3) is 0 Å². The summed E-state index contributed by atoms with van der Waals surface area (Å²) in [5, 5.41) is 5.97. The molecule has 3 rings (SSSR count). The van der Waals surface area contributed by atoms with Crippen LogP contribution in [0.5, 0.6) is 0 Å². The highest BCUT2D eigenvalue weighted by Gasteiger charge is 2.23. The molecule has 0 aliphatic heterocycles. The Labute approximate surface area is 179 Å². The van der Waals surface area contributed by atoms with Gasteiger partial charge < -0.3 is 21.1 Å². The van der Waals surface area contributed by atoms with Gasteiger partial charge in [0, 0.05) is 5.02 Å². The quantitative estimate of drug-likeness (QED) is 0.587. The van der Waals surface area contributed by atoms with Crippen LogP contribution < -0.4 is 16.4 Å². The van der Waals surface area contributed by atoms with Crippen LogP contribution in [0.2, 0.25) is 5.02 Å². The Morgan fingerprint density at radius 2 is 1.87 bits per heavy atom. The van der Waals surface area contributed by atoms with Crippen LogP contribution in [0.4, 0.5) is 4.79 Å².